The molecule has 0 aliphatic heterocycles. The molecule has 0 fully saturated rings. The molecule has 0 spiro atoms. The smallest absolute Gasteiger partial charge is 0.124 e. The third-order valence-electron chi connectivity index (χ3n) is 3.41. The Kier molecular flexibility index (Phi) is 5.79. The second-order valence-corrected chi connectivity index (χ2v) is 5.90. The van der Waals surface area contributed by atoms with E-state index in [4.69, 9.17) is 10.6 Å². The highest BCUT2D eigenvalue weighted by Crippen LogP contribution is 2.32. The van der Waals surface area contributed by atoms with Gasteiger partial charge in [-0.15, -0.1) is 0 Å². The van der Waals surface area contributed by atoms with Crippen molar-refractivity contribution in [1.29, 1.82) is 0 Å². The number of hydrogen-bond acceptors (Lipinski definition) is 3. The zero-order valence-corrected chi connectivity index (χ0v) is 14.0. The second-order valence-electron chi connectivity index (χ2n) is 4.99. The van der Waals surface area contributed by atoms with Crippen molar-refractivity contribution in [2.75, 3.05) is 6.61 Å². The largest absolute Gasteiger partial charge is 0.493 e. The molecular weight excluding hydrogens is 328 g/mol. The van der Waals surface area contributed by atoms with E-state index in [0.29, 0.717) is 6.61 Å². The van der Waals surface area contributed by atoms with E-state index in [0.717, 1.165) is 27.8 Å². The molecule has 0 heterocycles. The molecule has 1 unspecified atom stereocenters. The fourth-order valence-electron chi connectivity index (χ4n) is 2.33. The Morgan fingerprint density at radius 3 is 2.67 bits per heavy atom. The summed E-state index contributed by atoms with van der Waals surface area (Å²) in [4.78, 5) is 0. The summed E-state index contributed by atoms with van der Waals surface area (Å²) in [5.74, 6) is 6.71. The summed E-state index contributed by atoms with van der Waals surface area (Å²) in [6.07, 6.45) is 0.977. The van der Waals surface area contributed by atoms with Crippen LogP contribution in [0.3, 0.4) is 0 Å². The molecular formula is C17H21BrN2O. The van der Waals surface area contributed by atoms with Gasteiger partial charge in [0.15, 0.2) is 0 Å². The Labute approximate surface area is 134 Å². The lowest BCUT2D eigenvalue weighted by Crippen LogP contribution is -2.29. The summed E-state index contributed by atoms with van der Waals surface area (Å²) in [5.41, 5.74) is 6.29. The maximum Gasteiger partial charge on any atom is 0.124 e. The molecule has 0 bridgehead atoms. The lowest BCUT2D eigenvalue weighted by atomic mass is 9.95. The summed E-state index contributed by atoms with van der Waals surface area (Å²) < 4.78 is 6.89. The molecule has 0 aliphatic carbocycles. The number of halogens is 1. The van der Waals surface area contributed by atoms with E-state index in [1.807, 2.05) is 24.3 Å². The highest BCUT2D eigenvalue weighted by molar-refractivity contribution is 9.10. The van der Waals surface area contributed by atoms with Gasteiger partial charge in [0, 0.05) is 10.0 Å². The maximum absolute atomic E-state index is 5.85. The van der Waals surface area contributed by atoms with Crippen LogP contribution in [0, 0.1) is 6.92 Å². The van der Waals surface area contributed by atoms with Crippen LogP contribution in [0.15, 0.2) is 46.9 Å². The Bertz CT molecular complexity index is 601. The van der Waals surface area contributed by atoms with E-state index >= 15 is 0 Å². The van der Waals surface area contributed by atoms with Gasteiger partial charge < -0.3 is 4.74 Å². The van der Waals surface area contributed by atoms with Crippen molar-refractivity contribution < 1.29 is 4.74 Å². The summed E-state index contributed by atoms with van der Waals surface area (Å²) in [6.45, 7) is 4.88. The Hall–Kier alpha value is -1.36. The predicted octanol–water partition coefficient (Wildman–Crippen LogP) is 4.10. The van der Waals surface area contributed by atoms with E-state index in [-0.39, 0.29) is 6.04 Å². The minimum Gasteiger partial charge on any atom is -0.493 e. The van der Waals surface area contributed by atoms with Crippen LogP contribution in [0.25, 0.3) is 0 Å². The van der Waals surface area contributed by atoms with Crippen molar-refractivity contribution in [3.8, 4) is 5.75 Å². The highest BCUT2D eigenvalue weighted by Gasteiger charge is 2.18. The average molecular weight is 349 g/mol. The van der Waals surface area contributed by atoms with Crippen LogP contribution in [-0.4, -0.2) is 6.61 Å². The number of para-hydroxylation sites is 1. The number of benzene rings is 2. The standard InChI is InChI=1S/C17H21BrN2O/c1-3-10-21-16-7-5-4-6-14(16)17(20-19)15-11-13(18)9-8-12(15)2/h4-9,11,17,20H,3,10,19H2,1-2H3. The number of aryl methyl sites for hydroxylation is 1. The van der Waals surface area contributed by atoms with Gasteiger partial charge in [-0.25, -0.2) is 5.43 Å². The molecule has 3 nitrogen and oxygen atoms in total. The van der Waals surface area contributed by atoms with Gasteiger partial charge >= 0.3 is 0 Å². The van der Waals surface area contributed by atoms with Crippen LogP contribution in [0.4, 0.5) is 0 Å². The monoisotopic (exact) mass is 348 g/mol. The number of ether oxygens (including phenoxy) is 1. The molecule has 0 saturated heterocycles. The molecule has 3 N–H and O–H groups in total. The van der Waals surface area contributed by atoms with Crippen LogP contribution < -0.4 is 16.0 Å². The first-order valence-electron chi connectivity index (χ1n) is 7.11. The zero-order valence-electron chi connectivity index (χ0n) is 12.4. The average Bonchev–Trinajstić information content (AvgIpc) is 2.50. The fraction of sp³-hybridized carbons (Fsp3) is 0.294. The first-order valence-corrected chi connectivity index (χ1v) is 7.90. The number of nitrogens with two attached hydrogens (primary N) is 1. The molecule has 0 amide bonds. The molecule has 112 valence electrons. The van der Waals surface area contributed by atoms with Crippen molar-refractivity contribution in [1.82, 2.24) is 5.43 Å². The summed E-state index contributed by atoms with van der Waals surface area (Å²) in [6, 6.07) is 14.1. The van der Waals surface area contributed by atoms with Gasteiger partial charge in [0.05, 0.1) is 12.6 Å². The number of hydrazine groups is 1. The molecule has 0 saturated carbocycles. The van der Waals surface area contributed by atoms with Gasteiger partial charge in [-0.1, -0.05) is 47.1 Å². The second kappa shape index (κ2) is 7.59. The van der Waals surface area contributed by atoms with E-state index < -0.39 is 0 Å². The Morgan fingerprint density at radius 1 is 1.19 bits per heavy atom. The van der Waals surface area contributed by atoms with E-state index in [1.54, 1.807) is 0 Å². The summed E-state index contributed by atoms with van der Waals surface area (Å²) in [5, 5.41) is 0. The SMILES string of the molecule is CCCOc1ccccc1C(NN)c1cc(Br)ccc1C. The third-order valence-corrected chi connectivity index (χ3v) is 3.90. The van der Waals surface area contributed by atoms with Gasteiger partial charge in [0.25, 0.3) is 0 Å². The number of nitrogens with one attached hydrogen (secondary N) is 1. The minimum atomic E-state index is -0.101. The highest BCUT2D eigenvalue weighted by atomic mass is 79.9. The molecule has 0 aliphatic rings. The fourth-order valence-corrected chi connectivity index (χ4v) is 2.71. The molecule has 21 heavy (non-hydrogen) atoms. The van der Waals surface area contributed by atoms with Gasteiger partial charge in [0.2, 0.25) is 0 Å². The van der Waals surface area contributed by atoms with Crippen molar-refractivity contribution in [3.05, 3.63) is 63.6 Å². The molecule has 0 radical (unpaired) electrons. The van der Waals surface area contributed by atoms with E-state index in [9.17, 15) is 0 Å². The van der Waals surface area contributed by atoms with E-state index in [2.05, 4.69) is 53.4 Å². The van der Waals surface area contributed by atoms with Crippen molar-refractivity contribution >= 4 is 15.9 Å². The van der Waals surface area contributed by atoms with Crippen molar-refractivity contribution in [2.24, 2.45) is 5.84 Å². The predicted molar refractivity (Wildman–Crippen MR) is 90.3 cm³/mol. The molecule has 2 rings (SSSR count). The minimum absolute atomic E-state index is 0.101. The zero-order chi connectivity index (χ0) is 15.2. The lowest BCUT2D eigenvalue weighted by Gasteiger charge is -2.22. The van der Waals surface area contributed by atoms with Crippen molar-refractivity contribution in [2.45, 2.75) is 26.3 Å². The van der Waals surface area contributed by atoms with Gasteiger partial charge in [-0.05, 0) is 42.7 Å². The normalized spacial score (nSPS) is 12.2. The first-order chi connectivity index (χ1) is 10.2. The first kappa shape index (κ1) is 16.0. The quantitative estimate of drug-likeness (QED) is 0.610. The van der Waals surface area contributed by atoms with Crippen LogP contribution in [-0.2, 0) is 0 Å². The summed E-state index contributed by atoms with van der Waals surface area (Å²) in [7, 11) is 0. The number of rotatable bonds is 6. The van der Waals surface area contributed by atoms with Gasteiger partial charge in [0.1, 0.15) is 5.75 Å². The van der Waals surface area contributed by atoms with Gasteiger partial charge in [-0.3, -0.25) is 5.84 Å². The van der Waals surface area contributed by atoms with Crippen LogP contribution >= 0.6 is 15.9 Å². The van der Waals surface area contributed by atoms with Crippen LogP contribution in [0.1, 0.15) is 36.1 Å². The van der Waals surface area contributed by atoms with E-state index in [1.165, 1.54) is 5.56 Å². The van der Waals surface area contributed by atoms with Crippen molar-refractivity contribution in [3.63, 3.8) is 0 Å². The third kappa shape index (κ3) is 3.84. The molecule has 2 aromatic rings. The molecule has 4 heteroatoms. The maximum atomic E-state index is 5.85. The Balaban J connectivity index is 2.44. The van der Waals surface area contributed by atoms with Crippen LogP contribution in [0.2, 0.25) is 0 Å². The lowest BCUT2D eigenvalue weighted by molar-refractivity contribution is 0.311. The topological polar surface area (TPSA) is 47.3 Å². The van der Waals surface area contributed by atoms with Gasteiger partial charge in [-0.2, -0.15) is 0 Å². The Morgan fingerprint density at radius 2 is 1.95 bits per heavy atom. The molecule has 2 aromatic carbocycles. The number of hydrogen-bond donors (Lipinski definition) is 2. The molecule has 0 aromatic heterocycles. The molecule has 1 atom stereocenters. The summed E-state index contributed by atoms with van der Waals surface area (Å²) >= 11 is 3.53. The van der Waals surface area contributed by atoms with Crippen LogP contribution in [0.5, 0.6) is 5.75 Å².